The summed E-state index contributed by atoms with van der Waals surface area (Å²) in [4.78, 5) is 13.8. The molecule has 0 unspecified atom stereocenters. The minimum atomic E-state index is 0.812. The normalized spacial score (nSPS) is 19.8. The second-order valence-corrected chi connectivity index (χ2v) is 6.52. The molecule has 0 saturated carbocycles. The van der Waals surface area contributed by atoms with Gasteiger partial charge in [-0.15, -0.1) is 0 Å². The van der Waals surface area contributed by atoms with Crippen LogP contribution in [0, 0.1) is 0 Å². The molecule has 0 aliphatic carbocycles. The smallest absolute Gasteiger partial charge is 0.193 e. The first-order chi connectivity index (χ1) is 11.4. The SMILES string of the molecule is CN=C(NCc1ccnc(N2CCCCCC2)c1)N1CCCC1. The molecule has 1 N–H and O–H groups in total. The number of rotatable bonds is 3. The molecule has 0 aromatic carbocycles. The molecule has 2 aliphatic heterocycles. The van der Waals surface area contributed by atoms with Gasteiger partial charge in [-0.3, -0.25) is 4.99 Å². The van der Waals surface area contributed by atoms with E-state index in [4.69, 9.17) is 0 Å². The van der Waals surface area contributed by atoms with Crippen LogP contribution in [0.4, 0.5) is 5.82 Å². The number of guanidine groups is 1. The van der Waals surface area contributed by atoms with Crippen molar-refractivity contribution in [3.8, 4) is 0 Å². The van der Waals surface area contributed by atoms with Crippen molar-refractivity contribution in [1.82, 2.24) is 15.2 Å². The monoisotopic (exact) mass is 315 g/mol. The van der Waals surface area contributed by atoms with Gasteiger partial charge in [0.15, 0.2) is 5.96 Å². The number of anilines is 1. The van der Waals surface area contributed by atoms with Crippen molar-refractivity contribution in [1.29, 1.82) is 0 Å². The molecular formula is C18H29N5. The molecule has 0 atom stereocenters. The minimum Gasteiger partial charge on any atom is -0.357 e. The van der Waals surface area contributed by atoms with E-state index in [1.54, 1.807) is 0 Å². The summed E-state index contributed by atoms with van der Waals surface area (Å²) in [5, 5.41) is 3.50. The molecule has 5 nitrogen and oxygen atoms in total. The van der Waals surface area contributed by atoms with Gasteiger partial charge in [-0.1, -0.05) is 12.8 Å². The number of nitrogens with zero attached hydrogens (tertiary/aromatic N) is 4. The highest BCUT2D eigenvalue weighted by molar-refractivity contribution is 5.80. The van der Waals surface area contributed by atoms with Crippen LogP contribution in [0.5, 0.6) is 0 Å². The minimum absolute atomic E-state index is 0.812. The summed E-state index contributed by atoms with van der Waals surface area (Å²) in [5.74, 6) is 2.15. The third-order valence-corrected chi connectivity index (χ3v) is 4.81. The molecule has 23 heavy (non-hydrogen) atoms. The van der Waals surface area contributed by atoms with Crippen molar-refractivity contribution in [2.75, 3.05) is 38.1 Å². The highest BCUT2D eigenvalue weighted by Gasteiger charge is 2.16. The van der Waals surface area contributed by atoms with Gasteiger partial charge in [0.2, 0.25) is 0 Å². The Bertz CT molecular complexity index is 514. The first-order valence-electron chi connectivity index (χ1n) is 9.02. The Balaban J connectivity index is 1.60. The van der Waals surface area contributed by atoms with E-state index in [2.05, 4.69) is 37.2 Å². The standard InChI is InChI=1S/C18H29N5/c1-19-18(23-12-6-7-13-23)21-15-16-8-9-20-17(14-16)22-10-4-2-3-5-11-22/h8-9,14H,2-7,10-13,15H2,1H3,(H,19,21). The highest BCUT2D eigenvalue weighted by Crippen LogP contribution is 2.18. The zero-order chi connectivity index (χ0) is 15.9. The van der Waals surface area contributed by atoms with E-state index in [9.17, 15) is 0 Å². The van der Waals surface area contributed by atoms with Gasteiger partial charge in [0.25, 0.3) is 0 Å². The van der Waals surface area contributed by atoms with E-state index in [0.717, 1.165) is 44.5 Å². The summed E-state index contributed by atoms with van der Waals surface area (Å²) in [5.41, 5.74) is 1.28. The van der Waals surface area contributed by atoms with Crippen molar-refractivity contribution in [3.63, 3.8) is 0 Å². The third kappa shape index (κ3) is 4.36. The van der Waals surface area contributed by atoms with Crippen molar-refractivity contribution in [2.45, 2.75) is 45.1 Å². The van der Waals surface area contributed by atoms with Crippen molar-refractivity contribution in [3.05, 3.63) is 23.9 Å². The zero-order valence-electron chi connectivity index (χ0n) is 14.3. The van der Waals surface area contributed by atoms with Crippen LogP contribution in [0.1, 0.15) is 44.1 Å². The van der Waals surface area contributed by atoms with Gasteiger partial charge in [0, 0.05) is 46.0 Å². The first kappa shape index (κ1) is 16.1. The Morgan fingerprint density at radius 1 is 1.09 bits per heavy atom. The van der Waals surface area contributed by atoms with E-state index in [0.29, 0.717) is 0 Å². The molecular weight excluding hydrogens is 286 g/mol. The average molecular weight is 315 g/mol. The van der Waals surface area contributed by atoms with Gasteiger partial charge < -0.3 is 15.1 Å². The van der Waals surface area contributed by atoms with E-state index in [1.165, 1.54) is 44.1 Å². The topological polar surface area (TPSA) is 43.8 Å². The maximum Gasteiger partial charge on any atom is 0.193 e. The summed E-state index contributed by atoms with van der Waals surface area (Å²) in [6.07, 6.45) is 9.76. The predicted octanol–water partition coefficient (Wildman–Crippen LogP) is 2.63. The van der Waals surface area contributed by atoms with Crippen LogP contribution < -0.4 is 10.2 Å². The molecule has 5 heteroatoms. The lowest BCUT2D eigenvalue weighted by molar-refractivity contribution is 0.493. The molecule has 0 amide bonds. The molecule has 1 aromatic heterocycles. The summed E-state index contributed by atoms with van der Waals surface area (Å²) in [7, 11) is 1.87. The van der Waals surface area contributed by atoms with Crippen LogP contribution in [-0.4, -0.2) is 49.1 Å². The van der Waals surface area contributed by atoms with Crippen molar-refractivity contribution in [2.24, 2.45) is 4.99 Å². The Hall–Kier alpha value is -1.78. The average Bonchev–Trinajstić information content (AvgIpc) is 2.97. The highest BCUT2D eigenvalue weighted by atomic mass is 15.3. The fourth-order valence-corrected chi connectivity index (χ4v) is 3.49. The molecule has 0 bridgehead atoms. The lowest BCUT2D eigenvalue weighted by Crippen LogP contribution is -2.39. The van der Waals surface area contributed by atoms with E-state index < -0.39 is 0 Å². The Labute approximate surface area is 139 Å². The van der Waals surface area contributed by atoms with Crippen LogP contribution >= 0.6 is 0 Å². The predicted molar refractivity (Wildman–Crippen MR) is 95.9 cm³/mol. The second-order valence-electron chi connectivity index (χ2n) is 6.52. The number of hydrogen-bond acceptors (Lipinski definition) is 3. The second kappa shape index (κ2) is 8.18. The number of likely N-dealkylation sites (tertiary alicyclic amines) is 1. The molecule has 0 radical (unpaired) electrons. The number of aliphatic imine (C=N–C) groups is 1. The summed E-state index contributed by atoms with van der Waals surface area (Å²) >= 11 is 0. The number of hydrogen-bond donors (Lipinski definition) is 1. The Morgan fingerprint density at radius 3 is 2.48 bits per heavy atom. The largest absolute Gasteiger partial charge is 0.357 e. The van der Waals surface area contributed by atoms with Gasteiger partial charge in [0.1, 0.15) is 5.82 Å². The fraction of sp³-hybridized carbons (Fsp3) is 0.667. The third-order valence-electron chi connectivity index (χ3n) is 4.81. The van der Waals surface area contributed by atoms with E-state index in [-0.39, 0.29) is 0 Å². The maximum absolute atomic E-state index is 4.59. The van der Waals surface area contributed by atoms with Gasteiger partial charge in [-0.25, -0.2) is 4.98 Å². The van der Waals surface area contributed by atoms with Crippen LogP contribution in [0.15, 0.2) is 23.3 Å². The molecule has 126 valence electrons. The van der Waals surface area contributed by atoms with Crippen molar-refractivity contribution >= 4 is 11.8 Å². The number of aromatic nitrogens is 1. The summed E-state index contributed by atoms with van der Waals surface area (Å²) in [6.45, 7) is 5.33. The molecule has 0 spiro atoms. The molecule has 3 heterocycles. The molecule has 2 aliphatic rings. The quantitative estimate of drug-likeness (QED) is 0.688. The summed E-state index contributed by atoms with van der Waals surface area (Å²) < 4.78 is 0. The lowest BCUT2D eigenvalue weighted by Gasteiger charge is -2.23. The maximum atomic E-state index is 4.59. The van der Waals surface area contributed by atoms with Crippen LogP contribution in [0.3, 0.4) is 0 Å². The van der Waals surface area contributed by atoms with Gasteiger partial charge in [0.05, 0.1) is 0 Å². The first-order valence-corrected chi connectivity index (χ1v) is 9.02. The fourth-order valence-electron chi connectivity index (χ4n) is 3.49. The van der Waals surface area contributed by atoms with Gasteiger partial charge in [-0.2, -0.15) is 0 Å². The van der Waals surface area contributed by atoms with E-state index in [1.807, 2.05) is 13.2 Å². The molecule has 3 rings (SSSR count). The zero-order valence-corrected chi connectivity index (χ0v) is 14.3. The van der Waals surface area contributed by atoms with Crippen LogP contribution in [-0.2, 0) is 6.54 Å². The van der Waals surface area contributed by atoms with E-state index >= 15 is 0 Å². The molecule has 2 fully saturated rings. The van der Waals surface area contributed by atoms with Crippen LogP contribution in [0.2, 0.25) is 0 Å². The number of nitrogens with one attached hydrogen (secondary N) is 1. The number of pyridine rings is 1. The van der Waals surface area contributed by atoms with Crippen LogP contribution in [0.25, 0.3) is 0 Å². The summed E-state index contributed by atoms with van der Waals surface area (Å²) in [6, 6.07) is 4.33. The molecule has 1 aromatic rings. The van der Waals surface area contributed by atoms with Gasteiger partial charge in [-0.05, 0) is 43.4 Å². The van der Waals surface area contributed by atoms with Crippen molar-refractivity contribution < 1.29 is 0 Å². The van der Waals surface area contributed by atoms with Gasteiger partial charge >= 0.3 is 0 Å². The Kier molecular flexibility index (Phi) is 5.72. The molecule has 2 saturated heterocycles. The lowest BCUT2D eigenvalue weighted by atomic mass is 10.2. The Morgan fingerprint density at radius 2 is 1.78 bits per heavy atom.